The van der Waals surface area contributed by atoms with E-state index in [9.17, 15) is 4.79 Å². The first-order chi connectivity index (χ1) is 8.47. The van der Waals surface area contributed by atoms with Gasteiger partial charge in [0.15, 0.2) is 0 Å². The van der Waals surface area contributed by atoms with E-state index in [2.05, 4.69) is 5.10 Å². The molecule has 96 valence electrons. The van der Waals surface area contributed by atoms with Gasteiger partial charge in [0.1, 0.15) is 0 Å². The number of amides is 1. The van der Waals surface area contributed by atoms with Crippen molar-refractivity contribution in [2.75, 3.05) is 0 Å². The van der Waals surface area contributed by atoms with E-state index < -0.39 is 11.9 Å². The van der Waals surface area contributed by atoms with E-state index in [-0.39, 0.29) is 0 Å². The molecule has 3 N–H and O–H groups in total. The normalized spacial score (nSPS) is 10.6. The fourth-order valence-corrected chi connectivity index (χ4v) is 1.71. The van der Waals surface area contributed by atoms with Gasteiger partial charge in [0.2, 0.25) is 11.9 Å². The van der Waals surface area contributed by atoms with Crippen LogP contribution in [-0.2, 0) is 11.2 Å². The molecule has 18 heavy (non-hydrogen) atoms. The van der Waals surface area contributed by atoms with Crippen LogP contribution in [-0.4, -0.2) is 23.1 Å². The number of hydrogen-bond donors (Lipinski definition) is 2. The summed E-state index contributed by atoms with van der Waals surface area (Å²) in [6, 6.07) is 5.53. The van der Waals surface area contributed by atoms with Crippen molar-refractivity contribution in [3.8, 4) is 0 Å². The predicted octanol–water partition coefficient (Wildman–Crippen LogP) is 1.98. The van der Waals surface area contributed by atoms with Crippen LogP contribution in [0.25, 0.3) is 0 Å². The molecule has 0 fully saturated rings. The van der Waals surface area contributed by atoms with E-state index in [1.807, 2.05) is 19.1 Å². The summed E-state index contributed by atoms with van der Waals surface area (Å²) in [5.74, 6) is -0.854. The van der Waals surface area contributed by atoms with Gasteiger partial charge in [-0.05, 0) is 18.1 Å². The minimum absolute atomic E-state index is 0.427. The van der Waals surface area contributed by atoms with Crippen molar-refractivity contribution in [1.82, 2.24) is 5.01 Å². The molecule has 0 unspecified atom stereocenters. The van der Waals surface area contributed by atoms with Gasteiger partial charge in [0.25, 0.3) is 0 Å². The van der Waals surface area contributed by atoms with Crippen LogP contribution in [0.5, 0.6) is 0 Å². The maximum absolute atomic E-state index is 11.2. The number of guanidine groups is 1. The van der Waals surface area contributed by atoms with Crippen molar-refractivity contribution in [3.63, 3.8) is 0 Å². The lowest BCUT2D eigenvalue weighted by atomic mass is 10.1. The molecule has 0 aliphatic carbocycles. The third-order valence-electron chi connectivity index (χ3n) is 2.35. The van der Waals surface area contributed by atoms with Crippen molar-refractivity contribution in [3.05, 3.63) is 34.3 Å². The summed E-state index contributed by atoms with van der Waals surface area (Å²) < 4.78 is 0. The highest BCUT2D eigenvalue weighted by Gasteiger charge is 2.10. The quantitative estimate of drug-likeness (QED) is 0.498. The van der Waals surface area contributed by atoms with Crippen LogP contribution in [0.1, 0.15) is 25.0 Å². The molecule has 0 saturated heterocycles. The summed E-state index contributed by atoms with van der Waals surface area (Å²) in [4.78, 5) is 11.2. The highest BCUT2D eigenvalue weighted by molar-refractivity contribution is 6.33. The van der Waals surface area contributed by atoms with Gasteiger partial charge in [-0.1, -0.05) is 30.7 Å². The monoisotopic (exact) mass is 266 g/mol. The molecule has 0 spiro atoms. The standard InChI is InChI=1S/C12H15ClN4O/c1-3-9-5-4-6-11(13)10(9)7-16-17(8(2)18)12(14)15/h4-7H,3H2,1-2H3,(H3,14,15)/b16-7+. The SMILES string of the molecule is CCc1cccc(Cl)c1/C=N/N(C(=N)N)C(C)=O. The topological polar surface area (TPSA) is 82.5 Å². The molecule has 0 saturated carbocycles. The summed E-state index contributed by atoms with van der Waals surface area (Å²) in [5, 5.41) is 12.5. The van der Waals surface area contributed by atoms with Crippen molar-refractivity contribution < 1.29 is 4.79 Å². The molecule has 5 nitrogen and oxygen atoms in total. The molecule has 0 aromatic heterocycles. The van der Waals surface area contributed by atoms with E-state index in [1.165, 1.54) is 13.1 Å². The van der Waals surface area contributed by atoms with E-state index in [1.54, 1.807) is 6.07 Å². The Balaban J connectivity index is 3.10. The summed E-state index contributed by atoms with van der Waals surface area (Å²) in [7, 11) is 0. The average molecular weight is 267 g/mol. The fraction of sp³-hybridized carbons (Fsp3) is 0.250. The van der Waals surface area contributed by atoms with Crippen LogP contribution in [0.15, 0.2) is 23.3 Å². The number of nitrogens with zero attached hydrogens (tertiary/aromatic N) is 2. The molecule has 1 aromatic carbocycles. The summed E-state index contributed by atoms with van der Waals surface area (Å²) >= 11 is 6.07. The van der Waals surface area contributed by atoms with Crippen molar-refractivity contribution in [2.24, 2.45) is 10.8 Å². The molecule has 1 rings (SSSR count). The third kappa shape index (κ3) is 3.30. The lowest BCUT2D eigenvalue weighted by molar-refractivity contribution is -0.125. The van der Waals surface area contributed by atoms with Crippen LogP contribution < -0.4 is 5.73 Å². The zero-order chi connectivity index (χ0) is 13.7. The van der Waals surface area contributed by atoms with Gasteiger partial charge < -0.3 is 5.73 Å². The maximum atomic E-state index is 11.2. The maximum Gasteiger partial charge on any atom is 0.246 e. The second-order valence-electron chi connectivity index (χ2n) is 3.63. The van der Waals surface area contributed by atoms with Gasteiger partial charge in [-0.2, -0.15) is 10.1 Å². The first kappa shape index (κ1) is 14.2. The Kier molecular flexibility index (Phi) is 4.85. The van der Waals surface area contributed by atoms with Crippen molar-refractivity contribution in [1.29, 1.82) is 5.41 Å². The predicted molar refractivity (Wildman–Crippen MR) is 72.9 cm³/mol. The number of benzene rings is 1. The Labute approximate surface area is 111 Å². The van der Waals surface area contributed by atoms with E-state index >= 15 is 0 Å². The molecule has 0 atom stereocenters. The fourth-order valence-electron chi connectivity index (χ4n) is 1.46. The van der Waals surface area contributed by atoms with E-state index in [0.29, 0.717) is 5.02 Å². The van der Waals surface area contributed by atoms with Crippen LogP contribution in [0.2, 0.25) is 5.02 Å². The third-order valence-corrected chi connectivity index (χ3v) is 2.68. The van der Waals surface area contributed by atoms with Crippen molar-refractivity contribution >= 4 is 29.7 Å². The molecular formula is C12H15ClN4O. The molecular weight excluding hydrogens is 252 g/mol. The van der Waals surface area contributed by atoms with Crippen LogP contribution in [0.3, 0.4) is 0 Å². The van der Waals surface area contributed by atoms with Gasteiger partial charge in [0, 0.05) is 17.5 Å². The molecule has 0 heterocycles. The molecule has 0 bridgehead atoms. The Morgan fingerprint density at radius 3 is 2.78 bits per heavy atom. The second kappa shape index (κ2) is 6.16. The largest absolute Gasteiger partial charge is 0.368 e. The molecule has 0 radical (unpaired) electrons. The number of carbonyl (C=O) groups excluding carboxylic acids is 1. The number of hydrogen-bond acceptors (Lipinski definition) is 3. The highest BCUT2D eigenvalue weighted by atomic mass is 35.5. The lowest BCUT2D eigenvalue weighted by Gasteiger charge is -2.12. The second-order valence-corrected chi connectivity index (χ2v) is 4.03. The molecule has 6 heteroatoms. The smallest absolute Gasteiger partial charge is 0.246 e. The van der Waals surface area contributed by atoms with Crippen molar-refractivity contribution in [2.45, 2.75) is 20.3 Å². The minimum atomic E-state index is -0.427. The molecule has 0 aliphatic heterocycles. The van der Waals surface area contributed by atoms with Crippen LogP contribution in [0, 0.1) is 5.41 Å². The number of nitrogens with one attached hydrogen (secondary N) is 1. The van der Waals surface area contributed by atoms with Crippen LogP contribution >= 0.6 is 11.6 Å². The minimum Gasteiger partial charge on any atom is -0.368 e. The van der Waals surface area contributed by atoms with E-state index in [4.69, 9.17) is 22.7 Å². The summed E-state index contributed by atoms with van der Waals surface area (Å²) in [6.07, 6.45) is 2.24. The van der Waals surface area contributed by atoms with Gasteiger partial charge in [-0.15, -0.1) is 0 Å². The van der Waals surface area contributed by atoms with Gasteiger partial charge in [-0.25, -0.2) is 0 Å². The number of aryl methyl sites for hydroxylation is 1. The number of carbonyl (C=O) groups is 1. The Hall–Kier alpha value is -1.88. The molecule has 1 amide bonds. The zero-order valence-electron chi connectivity index (χ0n) is 10.3. The summed E-state index contributed by atoms with van der Waals surface area (Å²) in [6.45, 7) is 3.28. The first-order valence-corrected chi connectivity index (χ1v) is 5.81. The number of hydrazone groups is 1. The molecule has 0 aliphatic rings. The van der Waals surface area contributed by atoms with E-state index in [0.717, 1.165) is 22.6 Å². The number of nitrogens with two attached hydrogens (primary N) is 1. The summed E-state index contributed by atoms with van der Waals surface area (Å²) in [5.41, 5.74) is 7.00. The Morgan fingerprint density at radius 2 is 2.28 bits per heavy atom. The number of halogens is 1. The van der Waals surface area contributed by atoms with Gasteiger partial charge in [0.05, 0.1) is 6.21 Å². The highest BCUT2D eigenvalue weighted by Crippen LogP contribution is 2.18. The van der Waals surface area contributed by atoms with Gasteiger partial charge >= 0.3 is 0 Å². The number of rotatable bonds is 3. The van der Waals surface area contributed by atoms with Gasteiger partial charge in [-0.3, -0.25) is 10.2 Å². The first-order valence-electron chi connectivity index (χ1n) is 5.43. The molecule has 1 aromatic rings. The average Bonchev–Trinajstić information content (AvgIpc) is 2.30. The Morgan fingerprint density at radius 1 is 1.61 bits per heavy atom. The lowest BCUT2D eigenvalue weighted by Crippen LogP contribution is -2.35. The van der Waals surface area contributed by atoms with Crippen LogP contribution in [0.4, 0.5) is 0 Å². The zero-order valence-corrected chi connectivity index (χ0v) is 11.0. The Bertz CT molecular complexity index is 485.